The van der Waals surface area contributed by atoms with Gasteiger partial charge in [0.1, 0.15) is 0 Å². The molecule has 2 nitrogen and oxygen atoms in total. The quantitative estimate of drug-likeness (QED) is 0.741. The largest absolute Gasteiger partial charge is 0.380 e. The van der Waals surface area contributed by atoms with Crippen LogP contribution >= 0.6 is 11.6 Å². The molecule has 3 heteroatoms. The van der Waals surface area contributed by atoms with E-state index in [0.29, 0.717) is 0 Å². The fourth-order valence-electron chi connectivity index (χ4n) is 2.27. The maximum atomic E-state index is 6.22. The molecule has 0 aromatic heterocycles. The van der Waals surface area contributed by atoms with Crippen LogP contribution in [0.4, 0.5) is 0 Å². The van der Waals surface area contributed by atoms with Crippen LogP contribution in [0.15, 0.2) is 36.4 Å². The van der Waals surface area contributed by atoms with E-state index in [1.54, 1.807) is 0 Å². The first-order valence-electron chi connectivity index (χ1n) is 7.27. The van der Waals surface area contributed by atoms with Gasteiger partial charge in [0.2, 0.25) is 0 Å². The monoisotopic (exact) mass is 291 g/mol. The van der Waals surface area contributed by atoms with Crippen LogP contribution in [0.2, 0.25) is 5.02 Å². The van der Waals surface area contributed by atoms with Crippen molar-refractivity contribution < 1.29 is 4.74 Å². The molecule has 20 heavy (non-hydrogen) atoms. The SMILES string of the molecule is CCCNCCOCCc1ccc(Cl)c2ccccc12. The molecule has 0 radical (unpaired) electrons. The highest BCUT2D eigenvalue weighted by atomic mass is 35.5. The van der Waals surface area contributed by atoms with Gasteiger partial charge in [-0.1, -0.05) is 48.9 Å². The lowest BCUT2D eigenvalue weighted by Crippen LogP contribution is -2.20. The van der Waals surface area contributed by atoms with E-state index in [-0.39, 0.29) is 0 Å². The van der Waals surface area contributed by atoms with E-state index >= 15 is 0 Å². The molecule has 0 unspecified atom stereocenters. The third-order valence-corrected chi connectivity index (χ3v) is 3.66. The van der Waals surface area contributed by atoms with Crippen molar-refractivity contribution in [3.63, 3.8) is 0 Å². The number of halogens is 1. The molecule has 2 aromatic rings. The Morgan fingerprint density at radius 1 is 1.00 bits per heavy atom. The van der Waals surface area contributed by atoms with Crippen LogP contribution in [0.1, 0.15) is 18.9 Å². The van der Waals surface area contributed by atoms with Gasteiger partial charge < -0.3 is 10.1 Å². The summed E-state index contributed by atoms with van der Waals surface area (Å²) < 4.78 is 5.67. The average molecular weight is 292 g/mol. The number of rotatable bonds is 8. The zero-order valence-corrected chi connectivity index (χ0v) is 12.7. The Labute approximate surface area is 126 Å². The maximum Gasteiger partial charge on any atom is 0.0591 e. The number of ether oxygens (including phenoxy) is 1. The van der Waals surface area contributed by atoms with E-state index in [1.165, 1.54) is 10.9 Å². The van der Waals surface area contributed by atoms with Crippen molar-refractivity contribution in [3.05, 3.63) is 47.0 Å². The molecule has 0 saturated heterocycles. The van der Waals surface area contributed by atoms with E-state index < -0.39 is 0 Å². The zero-order chi connectivity index (χ0) is 14.2. The molecule has 0 atom stereocenters. The van der Waals surface area contributed by atoms with Gasteiger partial charge in [0.15, 0.2) is 0 Å². The predicted molar refractivity (Wildman–Crippen MR) is 86.6 cm³/mol. The van der Waals surface area contributed by atoms with Crippen LogP contribution in [-0.2, 0) is 11.2 Å². The standard InChI is InChI=1S/C17H22ClNO/c1-2-10-19-11-13-20-12-9-14-7-8-17(18)16-6-4-3-5-15(14)16/h3-8,19H,2,9-13H2,1H3. The Morgan fingerprint density at radius 3 is 2.60 bits per heavy atom. The molecule has 0 bridgehead atoms. The lowest BCUT2D eigenvalue weighted by Gasteiger charge is -2.09. The van der Waals surface area contributed by atoms with E-state index in [2.05, 4.69) is 36.5 Å². The number of benzene rings is 2. The van der Waals surface area contributed by atoms with Crippen molar-refractivity contribution >= 4 is 22.4 Å². The van der Waals surface area contributed by atoms with E-state index in [1.807, 2.05) is 12.1 Å². The number of hydrogen-bond donors (Lipinski definition) is 1. The molecule has 0 fully saturated rings. The summed E-state index contributed by atoms with van der Waals surface area (Å²) in [6, 6.07) is 12.3. The summed E-state index contributed by atoms with van der Waals surface area (Å²) >= 11 is 6.22. The van der Waals surface area contributed by atoms with Crippen molar-refractivity contribution in [2.24, 2.45) is 0 Å². The summed E-state index contributed by atoms with van der Waals surface area (Å²) in [6.07, 6.45) is 2.09. The Bertz CT molecular complexity index is 542. The minimum Gasteiger partial charge on any atom is -0.380 e. The molecule has 0 saturated carbocycles. The summed E-state index contributed by atoms with van der Waals surface area (Å²) in [5.74, 6) is 0. The van der Waals surface area contributed by atoms with Gasteiger partial charge in [-0.05, 0) is 36.4 Å². The van der Waals surface area contributed by atoms with Gasteiger partial charge in [0.05, 0.1) is 13.2 Å². The van der Waals surface area contributed by atoms with Crippen LogP contribution < -0.4 is 5.32 Å². The smallest absolute Gasteiger partial charge is 0.0591 e. The second kappa shape index (κ2) is 8.25. The summed E-state index contributed by atoms with van der Waals surface area (Å²) in [4.78, 5) is 0. The molecule has 108 valence electrons. The highest BCUT2D eigenvalue weighted by Gasteiger charge is 2.04. The van der Waals surface area contributed by atoms with Gasteiger partial charge in [-0.15, -0.1) is 0 Å². The Kier molecular flexibility index (Phi) is 6.31. The minimum atomic E-state index is 0.749. The first kappa shape index (κ1) is 15.3. The third-order valence-electron chi connectivity index (χ3n) is 3.33. The molecule has 0 amide bonds. The number of hydrogen-bond acceptors (Lipinski definition) is 2. The van der Waals surface area contributed by atoms with Crippen LogP contribution in [-0.4, -0.2) is 26.3 Å². The van der Waals surface area contributed by atoms with E-state index in [0.717, 1.165) is 49.6 Å². The molecule has 0 aliphatic rings. The van der Waals surface area contributed by atoms with Crippen molar-refractivity contribution in [2.75, 3.05) is 26.3 Å². The van der Waals surface area contributed by atoms with Crippen molar-refractivity contribution in [3.8, 4) is 0 Å². The zero-order valence-electron chi connectivity index (χ0n) is 12.0. The second-order valence-corrected chi connectivity index (χ2v) is 5.27. The van der Waals surface area contributed by atoms with E-state index in [4.69, 9.17) is 16.3 Å². The van der Waals surface area contributed by atoms with Crippen molar-refractivity contribution in [2.45, 2.75) is 19.8 Å². The molecule has 1 N–H and O–H groups in total. The minimum absolute atomic E-state index is 0.749. The van der Waals surface area contributed by atoms with Gasteiger partial charge >= 0.3 is 0 Å². The van der Waals surface area contributed by atoms with Crippen molar-refractivity contribution in [1.29, 1.82) is 0 Å². The molecule has 0 heterocycles. The van der Waals surface area contributed by atoms with Gasteiger partial charge in [0, 0.05) is 17.0 Å². The summed E-state index contributed by atoms with van der Waals surface area (Å²) in [6.45, 7) is 5.67. The van der Waals surface area contributed by atoms with Crippen molar-refractivity contribution in [1.82, 2.24) is 5.32 Å². The van der Waals surface area contributed by atoms with Crippen LogP contribution in [0.5, 0.6) is 0 Å². The lowest BCUT2D eigenvalue weighted by atomic mass is 10.0. The van der Waals surface area contributed by atoms with Crippen LogP contribution in [0.25, 0.3) is 10.8 Å². The molecule has 0 aliphatic heterocycles. The number of fused-ring (bicyclic) bond motifs is 1. The first-order chi connectivity index (χ1) is 9.83. The fourth-order valence-corrected chi connectivity index (χ4v) is 2.50. The maximum absolute atomic E-state index is 6.22. The fraction of sp³-hybridized carbons (Fsp3) is 0.412. The van der Waals surface area contributed by atoms with Gasteiger partial charge in [0.25, 0.3) is 0 Å². The Balaban J connectivity index is 1.86. The van der Waals surface area contributed by atoms with Gasteiger partial charge in [-0.2, -0.15) is 0 Å². The second-order valence-electron chi connectivity index (χ2n) is 4.86. The normalized spacial score (nSPS) is 11.1. The topological polar surface area (TPSA) is 21.3 Å². The van der Waals surface area contributed by atoms with Gasteiger partial charge in [-0.3, -0.25) is 0 Å². The van der Waals surface area contributed by atoms with E-state index in [9.17, 15) is 0 Å². The van der Waals surface area contributed by atoms with Gasteiger partial charge in [-0.25, -0.2) is 0 Å². The van der Waals surface area contributed by atoms with Crippen LogP contribution in [0.3, 0.4) is 0 Å². The number of nitrogens with one attached hydrogen (secondary N) is 1. The molecule has 0 aliphatic carbocycles. The molecule has 0 spiro atoms. The average Bonchev–Trinajstić information content (AvgIpc) is 2.49. The molecular formula is C17H22ClNO. The summed E-state index contributed by atoms with van der Waals surface area (Å²) in [5.41, 5.74) is 1.30. The summed E-state index contributed by atoms with van der Waals surface area (Å²) in [7, 11) is 0. The molecule has 2 rings (SSSR count). The Hall–Kier alpha value is -1.09. The highest BCUT2D eigenvalue weighted by molar-refractivity contribution is 6.35. The molecular weight excluding hydrogens is 270 g/mol. The Morgan fingerprint density at radius 2 is 1.80 bits per heavy atom. The third kappa shape index (κ3) is 4.20. The summed E-state index contributed by atoms with van der Waals surface area (Å²) in [5, 5.41) is 6.49. The molecule has 2 aromatic carbocycles. The predicted octanol–water partition coefficient (Wildman–Crippen LogP) is 4.05. The van der Waals surface area contributed by atoms with Crippen LogP contribution in [0, 0.1) is 0 Å². The lowest BCUT2D eigenvalue weighted by molar-refractivity contribution is 0.139. The highest BCUT2D eigenvalue weighted by Crippen LogP contribution is 2.26. The first-order valence-corrected chi connectivity index (χ1v) is 7.65.